The highest BCUT2D eigenvalue weighted by atomic mass is 16.4. The van der Waals surface area contributed by atoms with Gasteiger partial charge in [0.05, 0.1) is 25.9 Å². The van der Waals surface area contributed by atoms with Crippen LogP contribution in [0.4, 0.5) is 0 Å². The summed E-state index contributed by atoms with van der Waals surface area (Å²) >= 11 is 0. The molecule has 5 N–H and O–H groups in total. The minimum Gasteiger partial charge on any atom is -0.478 e. The molecule has 0 aromatic heterocycles. The average molecular weight is 222 g/mol. The van der Waals surface area contributed by atoms with E-state index in [0.29, 0.717) is 5.57 Å². The van der Waals surface area contributed by atoms with Crippen LogP contribution in [0.15, 0.2) is 11.1 Å². The quantitative estimate of drug-likeness (QED) is 0.378. The van der Waals surface area contributed by atoms with Gasteiger partial charge in [-0.3, -0.25) is 0 Å². The molecule has 15 heavy (non-hydrogen) atoms. The third-order valence-corrected chi connectivity index (χ3v) is 1.69. The molecule has 0 aliphatic carbocycles. The van der Waals surface area contributed by atoms with Crippen LogP contribution < -0.4 is 0 Å². The van der Waals surface area contributed by atoms with Gasteiger partial charge in [-0.25, -0.2) is 4.79 Å². The lowest BCUT2D eigenvalue weighted by Gasteiger charge is -2.08. The molecular weight excluding hydrogens is 204 g/mol. The Bertz CT molecular complexity index is 209. The fourth-order valence-electron chi connectivity index (χ4n) is 0.556. The van der Waals surface area contributed by atoms with Gasteiger partial charge in [0.2, 0.25) is 0 Å². The summed E-state index contributed by atoms with van der Waals surface area (Å²) in [5, 5.41) is 41.1. The smallest absolute Gasteiger partial charge is 0.331 e. The largest absolute Gasteiger partial charge is 0.478 e. The van der Waals surface area contributed by atoms with Crippen LogP contribution in [-0.2, 0) is 4.79 Å². The van der Waals surface area contributed by atoms with Gasteiger partial charge in [0.1, 0.15) is 0 Å². The van der Waals surface area contributed by atoms with Crippen molar-refractivity contribution < 1.29 is 30.3 Å². The van der Waals surface area contributed by atoms with Gasteiger partial charge in [-0.15, -0.1) is 0 Å². The number of aliphatic carboxylic acids is 1. The molecular formula is C9H18O6. The number of carboxylic acids is 1. The lowest BCUT2D eigenvalue weighted by Crippen LogP contribution is -2.16. The summed E-state index contributed by atoms with van der Waals surface area (Å²) in [4.78, 5) is 10.3. The molecule has 1 atom stereocenters. The second kappa shape index (κ2) is 9.60. The standard InChI is InChI=1S/C7H12O4.C2H6O2/c1-4(6(9)3-8)5(2)7(10)11;3-1-2-4/h6,8-9H,3H2,1-2H3,(H,10,11);3-4H,1-2H2. The number of rotatable bonds is 4. The van der Waals surface area contributed by atoms with Crippen LogP contribution in [-0.4, -0.2) is 57.4 Å². The van der Waals surface area contributed by atoms with Crippen LogP contribution in [0.25, 0.3) is 0 Å². The first kappa shape index (κ1) is 16.5. The van der Waals surface area contributed by atoms with E-state index in [1.807, 2.05) is 0 Å². The van der Waals surface area contributed by atoms with Crippen molar-refractivity contribution in [2.45, 2.75) is 20.0 Å². The Morgan fingerprint density at radius 1 is 1.13 bits per heavy atom. The molecule has 0 amide bonds. The normalized spacial score (nSPS) is 13.5. The van der Waals surface area contributed by atoms with E-state index in [2.05, 4.69) is 0 Å². The van der Waals surface area contributed by atoms with E-state index in [9.17, 15) is 4.79 Å². The number of hydrogen-bond acceptors (Lipinski definition) is 5. The zero-order valence-corrected chi connectivity index (χ0v) is 8.84. The highest BCUT2D eigenvalue weighted by molar-refractivity contribution is 5.86. The Morgan fingerprint density at radius 3 is 1.73 bits per heavy atom. The molecule has 0 fully saturated rings. The fraction of sp³-hybridized carbons (Fsp3) is 0.667. The average Bonchev–Trinajstić information content (AvgIpc) is 2.25. The second-order valence-electron chi connectivity index (χ2n) is 2.76. The maximum Gasteiger partial charge on any atom is 0.331 e. The number of carbonyl (C=O) groups is 1. The highest BCUT2D eigenvalue weighted by Gasteiger charge is 2.11. The molecule has 0 aliphatic heterocycles. The van der Waals surface area contributed by atoms with Crippen LogP contribution in [0.1, 0.15) is 13.8 Å². The minimum absolute atomic E-state index is 0.0755. The van der Waals surface area contributed by atoms with Crippen molar-refractivity contribution in [3.63, 3.8) is 0 Å². The second-order valence-corrected chi connectivity index (χ2v) is 2.76. The molecule has 0 rings (SSSR count). The van der Waals surface area contributed by atoms with E-state index >= 15 is 0 Å². The maximum atomic E-state index is 10.3. The number of hydrogen-bond donors (Lipinski definition) is 5. The summed E-state index contributed by atoms with van der Waals surface area (Å²) in [7, 11) is 0. The van der Waals surface area contributed by atoms with Gasteiger partial charge in [-0.1, -0.05) is 0 Å². The van der Waals surface area contributed by atoms with Crippen molar-refractivity contribution in [3.8, 4) is 0 Å². The van der Waals surface area contributed by atoms with E-state index < -0.39 is 18.7 Å². The van der Waals surface area contributed by atoms with E-state index in [0.717, 1.165) is 0 Å². The minimum atomic E-state index is -1.07. The van der Waals surface area contributed by atoms with Gasteiger partial charge in [-0.2, -0.15) is 0 Å². The Hall–Kier alpha value is -0.950. The maximum absolute atomic E-state index is 10.3. The molecule has 0 spiro atoms. The van der Waals surface area contributed by atoms with Crippen molar-refractivity contribution in [2.24, 2.45) is 0 Å². The predicted octanol–water partition coefficient (Wildman–Crippen LogP) is -1.27. The summed E-state index contributed by atoms with van der Waals surface area (Å²) in [6, 6.07) is 0. The summed E-state index contributed by atoms with van der Waals surface area (Å²) < 4.78 is 0. The third-order valence-electron chi connectivity index (χ3n) is 1.69. The molecule has 6 nitrogen and oxygen atoms in total. The van der Waals surface area contributed by atoms with E-state index in [-0.39, 0.29) is 18.8 Å². The fourth-order valence-corrected chi connectivity index (χ4v) is 0.556. The van der Waals surface area contributed by atoms with E-state index in [1.165, 1.54) is 13.8 Å². The Morgan fingerprint density at radius 2 is 1.53 bits per heavy atom. The van der Waals surface area contributed by atoms with Crippen molar-refractivity contribution in [1.82, 2.24) is 0 Å². The molecule has 0 saturated carbocycles. The molecule has 0 radical (unpaired) electrons. The lowest BCUT2D eigenvalue weighted by atomic mass is 10.1. The van der Waals surface area contributed by atoms with Crippen molar-refractivity contribution in [1.29, 1.82) is 0 Å². The Balaban J connectivity index is 0. The van der Waals surface area contributed by atoms with Crippen molar-refractivity contribution in [3.05, 3.63) is 11.1 Å². The Kier molecular flexibility index (Phi) is 10.5. The van der Waals surface area contributed by atoms with E-state index in [4.69, 9.17) is 25.5 Å². The summed E-state index contributed by atoms with van der Waals surface area (Å²) in [5.41, 5.74) is 0.367. The SMILES string of the molecule is CC(C(=O)O)=C(C)C(O)CO.OCCO. The molecule has 0 aliphatic rings. The third kappa shape index (κ3) is 8.07. The first-order valence-corrected chi connectivity index (χ1v) is 4.33. The van der Waals surface area contributed by atoms with Crippen molar-refractivity contribution >= 4 is 5.97 Å². The molecule has 1 unspecified atom stereocenters. The molecule has 0 saturated heterocycles. The molecule has 0 aromatic carbocycles. The van der Waals surface area contributed by atoms with Gasteiger partial charge in [0.15, 0.2) is 0 Å². The van der Waals surface area contributed by atoms with Gasteiger partial charge in [-0.05, 0) is 19.4 Å². The molecule has 0 bridgehead atoms. The monoisotopic (exact) mass is 222 g/mol. The van der Waals surface area contributed by atoms with Crippen LogP contribution in [0.2, 0.25) is 0 Å². The Labute approximate surface area is 88.1 Å². The summed E-state index contributed by atoms with van der Waals surface area (Å²) in [6.07, 6.45) is -1.06. The van der Waals surface area contributed by atoms with Crippen LogP contribution in [0, 0.1) is 0 Å². The first-order valence-electron chi connectivity index (χ1n) is 4.33. The topological polar surface area (TPSA) is 118 Å². The lowest BCUT2D eigenvalue weighted by molar-refractivity contribution is -0.132. The van der Waals surface area contributed by atoms with Crippen LogP contribution in [0.3, 0.4) is 0 Å². The molecule has 6 heteroatoms. The predicted molar refractivity (Wildman–Crippen MR) is 53.3 cm³/mol. The van der Waals surface area contributed by atoms with Gasteiger partial charge in [0.25, 0.3) is 0 Å². The van der Waals surface area contributed by atoms with Gasteiger partial charge >= 0.3 is 5.97 Å². The first-order chi connectivity index (χ1) is 6.92. The molecule has 0 aromatic rings. The summed E-state index contributed by atoms with van der Waals surface area (Å²) in [5.74, 6) is -1.07. The van der Waals surface area contributed by atoms with Crippen molar-refractivity contribution in [2.75, 3.05) is 19.8 Å². The zero-order valence-electron chi connectivity index (χ0n) is 8.84. The summed E-state index contributed by atoms with van der Waals surface area (Å²) in [6.45, 7) is 2.16. The van der Waals surface area contributed by atoms with Crippen LogP contribution >= 0.6 is 0 Å². The highest BCUT2D eigenvalue weighted by Crippen LogP contribution is 2.07. The number of aliphatic hydroxyl groups is 4. The molecule has 0 heterocycles. The van der Waals surface area contributed by atoms with Crippen LogP contribution in [0.5, 0.6) is 0 Å². The zero-order chi connectivity index (χ0) is 12.4. The number of aliphatic hydroxyl groups excluding tert-OH is 4. The molecule has 90 valence electrons. The number of carboxylic acid groups (broad SMARTS) is 1. The van der Waals surface area contributed by atoms with Gasteiger partial charge in [0, 0.05) is 5.57 Å². The van der Waals surface area contributed by atoms with Gasteiger partial charge < -0.3 is 25.5 Å². The van der Waals surface area contributed by atoms with E-state index in [1.54, 1.807) is 0 Å².